The minimum absolute atomic E-state index is 0.0547. The molecule has 0 spiro atoms. The Bertz CT molecular complexity index is 1120. The molecule has 1 unspecified atom stereocenters. The number of nitrogens with two attached hydrogens (primary N) is 1. The van der Waals surface area contributed by atoms with E-state index in [1.54, 1.807) is 18.4 Å². The van der Waals surface area contributed by atoms with E-state index in [0.29, 0.717) is 11.2 Å². The van der Waals surface area contributed by atoms with Crippen LogP contribution < -0.4 is 5.73 Å². The summed E-state index contributed by atoms with van der Waals surface area (Å²) in [5.74, 6) is -3.38. The van der Waals surface area contributed by atoms with Crippen LogP contribution in [0.15, 0.2) is 6.33 Å². The predicted molar refractivity (Wildman–Crippen MR) is 116 cm³/mol. The predicted octanol–water partition coefficient (Wildman–Crippen LogP) is 1.48. The highest BCUT2D eigenvalue weighted by atomic mass is 35.5. The van der Waals surface area contributed by atoms with E-state index in [9.17, 15) is 9.36 Å². The highest BCUT2D eigenvalue weighted by molar-refractivity contribution is 7.55. The Morgan fingerprint density at radius 3 is 2.59 bits per heavy atom. The Balaban J connectivity index is 1.63. The summed E-state index contributed by atoms with van der Waals surface area (Å²) in [6.45, 7) is 3.29. The van der Waals surface area contributed by atoms with Gasteiger partial charge in [-0.3, -0.25) is 9.13 Å². The van der Waals surface area contributed by atoms with Crippen LogP contribution in [-0.2, 0) is 42.1 Å². The molecule has 0 aromatic carbocycles. The zero-order valence-electron chi connectivity index (χ0n) is 19.0. The monoisotopic (exact) mass is 521 g/mol. The molecule has 2 fully saturated rings. The highest BCUT2D eigenvalue weighted by Gasteiger charge is 2.57. The maximum Gasteiger partial charge on any atom is 0.370 e. The lowest BCUT2D eigenvalue weighted by Crippen LogP contribution is -2.36. The van der Waals surface area contributed by atoms with Crippen LogP contribution in [0, 0.1) is 0 Å². The molecule has 0 bridgehead atoms. The quantitative estimate of drug-likeness (QED) is 0.301. The van der Waals surface area contributed by atoms with Gasteiger partial charge in [0.25, 0.3) is 5.85 Å². The smallest absolute Gasteiger partial charge is 0.370 e. The second-order valence-corrected chi connectivity index (χ2v) is 10.6. The summed E-state index contributed by atoms with van der Waals surface area (Å²) in [4.78, 5) is 24.6. The van der Waals surface area contributed by atoms with Crippen LogP contribution in [-0.4, -0.2) is 83.4 Å². The van der Waals surface area contributed by atoms with Crippen molar-refractivity contribution < 1.29 is 42.1 Å². The van der Waals surface area contributed by atoms with E-state index in [1.807, 2.05) is 0 Å². The molecule has 14 nitrogen and oxygen atoms in total. The summed E-state index contributed by atoms with van der Waals surface area (Å²) < 4.78 is 52.9. The maximum absolute atomic E-state index is 12.8. The Morgan fingerprint density at radius 2 is 1.94 bits per heavy atom. The van der Waals surface area contributed by atoms with Crippen molar-refractivity contribution in [1.82, 2.24) is 19.5 Å². The maximum atomic E-state index is 12.8. The van der Waals surface area contributed by atoms with Crippen LogP contribution in [0.3, 0.4) is 0 Å². The lowest BCUT2D eigenvalue weighted by molar-refractivity contribution is -0.203. The molecule has 16 heteroatoms. The van der Waals surface area contributed by atoms with Gasteiger partial charge in [-0.25, -0.2) is 9.78 Å². The number of hydrogen-bond acceptors (Lipinski definition) is 13. The molecule has 188 valence electrons. The van der Waals surface area contributed by atoms with Crippen LogP contribution in [0.2, 0.25) is 5.28 Å². The van der Waals surface area contributed by atoms with Gasteiger partial charge in [0.1, 0.15) is 23.8 Å². The number of anilines is 1. The Labute approximate surface area is 199 Å². The average Bonchev–Trinajstić information content (AvgIpc) is 3.44. The van der Waals surface area contributed by atoms with Gasteiger partial charge in [-0.15, -0.1) is 0 Å². The molecule has 2 aliphatic rings. The van der Waals surface area contributed by atoms with E-state index in [0.717, 1.165) is 21.3 Å². The highest BCUT2D eigenvalue weighted by Crippen LogP contribution is 2.53. The molecular weight excluding hydrogens is 497 g/mol. The minimum atomic E-state index is -3.97. The molecule has 5 atom stereocenters. The van der Waals surface area contributed by atoms with Gasteiger partial charge in [-0.2, -0.15) is 9.97 Å². The number of nitrogen functional groups attached to an aromatic ring is 1. The number of imidazole rings is 1. The summed E-state index contributed by atoms with van der Waals surface area (Å²) in [6, 6.07) is 0. The third kappa shape index (κ3) is 4.40. The number of ether oxygens (including phenoxy) is 5. The van der Waals surface area contributed by atoms with E-state index in [1.165, 1.54) is 6.33 Å². The summed E-state index contributed by atoms with van der Waals surface area (Å²) in [6.07, 6.45) is -1.26. The number of esters is 1. The summed E-state index contributed by atoms with van der Waals surface area (Å²) in [5, 5.41) is -0.0547. The second kappa shape index (κ2) is 9.28. The van der Waals surface area contributed by atoms with Gasteiger partial charge in [0.05, 0.1) is 20.0 Å². The third-order valence-corrected chi connectivity index (χ3v) is 7.56. The van der Waals surface area contributed by atoms with Crippen LogP contribution in [0.1, 0.15) is 20.1 Å². The van der Waals surface area contributed by atoms with Gasteiger partial charge >= 0.3 is 13.6 Å². The van der Waals surface area contributed by atoms with Gasteiger partial charge in [-0.1, -0.05) is 0 Å². The second-order valence-electron chi connectivity index (χ2n) is 7.95. The molecule has 2 saturated heterocycles. The van der Waals surface area contributed by atoms with E-state index >= 15 is 0 Å². The Kier molecular flexibility index (Phi) is 6.88. The number of aromatic nitrogens is 4. The average molecular weight is 522 g/mol. The lowest BCUT2D eigenvalue weighted by atomic mass is 10.1. The fourth-order valence-electron chi connectivity index (χ4n) is 3.96. The van der Waals surface area contributed by atoms with Gasteiger partial charge in [0.15, 0.2) is 23.5 Å². The number of halogens is 1. The molecule has 0 saturated carbocycles. The van der Waals surface area contributed by atoms with Crippen LogP contribution in [0.5, 0.6) is 0 Å². The largest absolute Gasteiger partial charge is 0.467 e. The van der Waals surface area contributed by atoms with E-state index < -0.39 is 49.7 Å². The van der Waals surface area contributed by atoms with Gasteiger partial charge in [0, 0.05) is 14.2 Å². The first-order valence-corrected chi connectivity index (χ1v) is 12.1. The summed E-state index contributed by atoms with van der Waals surface area (Å²) in [7, 11) is -0.556. The fourth-order valence-corrected chi connectivity index (χ4v) is 5.29. The van der Waals surface area contributed by atoms with Gasteiger partial charge < -0.3 is 38.5 Å². The molecule has 2 aliphatic heterocycles. The number of carbonyl (C=O) groups excluding carboxylic acids is 1. The van der Waals surface area contributed by atoms with Crippen molar-refractivity contribution in [3.8, 4) is 0 Å². The van der Waals surface area contributed by atoms with E-state index in [4.69, 9.17) is 50.1 Å². The van der Waals surface area contributed by atoms with Crippen molar-refractivity contribution >= 4 is 42.1 Å². The van der Waals surface area contributed by atoms with Crippen molar-refractivity contribution in [2.24, 2.45) is 0 Å². The molecule has 4 rings (SSSR count). The fraction of sp³-hybridized carbons (Fsp3) is 0.667. The molecule has 34 heavy (non-hydrogen) atoms. The molecule has 2 aromatic rings. The first kappa shape index (κ1) is 25.2. The van der Waals surface area contributed by atoms with Crippen molar-refractivity contribution in [3.05, 3.63) is 11.6 Å². The number of nitrogens with zero attached hydrogens (tertiary/aromatic N) is 4. The normalized spacial score (nSPS) is 27.1. The van der Waals surface area contributed by atoms with Crippen molar-refractivity contribution in [3.63, 3.8) is 0 Å². The first-order chi connectivity index (χ1) is 16.0. The van der Waals surface area contributed by atoms with E-state index in [2.05, 4.69) is 15.0 Å². The van der Waals surface area contributed by atoms with Crippen molar-refractivity contribution in [2.45, 2.75) is 50.0 Å². The molecule has 0 aliphatic carbocycles. The third-order valence-electron chi connectivity index (χ3n) is 5.44. The van der Waals surface area contributed by atoms with Crippen molar-refractivity contribution in [1.29, 1.82) is 0 Å². The van der Waals surface area contributed by atoms with Gasteiger partial charge in [-0.05, 0) is 25.4 Å². The Hall–Kier alpha value is -1.90. The SMILES string of the molecule is COC(=O)C(OC[C@H]1O[C@@H](n2cnc3c(N)nc(Cl)nc32)[C@@H]2OC(C)(C)O[C@@H]21)P(=O)(OC)OC. The number of methoxy groups -OCH3 is 1. The molecule has 0 radical (unpaired) electrons. The number of fused-ring (bicyclic) bond motifs is 2. The van der Waals surface area contributed by atoms with E-state index in [-0.39, 0.29) is 17.7 Å². The molecule has 4 heterocycles. The lowest BCUT2D eigenvalue weighted by Gasteiger charge is -2.26. The summed E-state index contributed by atoms with van der Waals surface area (Å²) >= 11 is 5.99. The van der Waals surface area contributed by atoms with Gasteiger partial charge in [0.2, 0.25) is 5.28 Å². The molecular formula is C18H25ClN5O9P. The Morgan fingerprint density at radius 1 is 1.26 bits per heavy atom. The topological polar surface area (TPSA) is 168 Å². The van der Waals surface area contributed by atoms with Crippen LogP contribution in [0.4, 0.5) is 5.82 Å². The van der Waals surface area contributed by atoms with Crippen molar-refractivity contribution in [2.75, 3.05) is 33.7 Å². The number of rotatable bonds is 8. The first-order valence-electron chi connectivity index (χ1n) is 10.1. The standard InChI is InChI=1S/C18H25ClN5O9P/c1-18(2)32-10-8(6-30-16(15(25)27-3)34(26,28-4)29-5)31-14(11(10)33-18)24-7-21-9-12(20)22-17(19)23-13(9)24/h7-8,10-11,14,16H,6H2,1-5H3,(H2,20,22,23)/t8-,10-,11-,14-,16?/m1/s1. The molecule has 0 amide bonds. The summed E-state index contributed by atoms with van der Waals surface area (Å²) in [5.41, 5.74) is 6.60. The number of carbonyl (C=O) groups is 1. The molecule has 2 aromatic heterocycles. The minimum Gasteiger partial charge on any atom is -0.467 e. The van der Waals surface area contributed by atoms with Crippen LogP contribution in [0.25, 0.3) is 11.2 Å². The zero-order valence-corrected chi connectivity index (χ0v) is 20.7. The molecule has 2 N–H and O–H groups in total. The van der Waals surface area contributed by atoms with Crippen LogP contribution >= 0.6 is 19.2 Å². The zero-order chi connectivity index (χ0) is 24.8. The number of hydrogen-bond donors (Lipinski definition) is 1.